The number of allylic oxidation sites excluding steroid dienone is 4. The summed E-state index contributed by atoms with van der Waals surface area (Å²) in [5.41, 5.74) is 0.907. The lowest BCUT2D eigenvalue weighted by molar-refractivity contribution is -0.142. The monoisotopic (exact) mass is 573 g/mol. The van der Waals surface area contributed by atoms with Crippen molar-refractivity contribution in [3.63, 3.8) is 0 Å². The molecule has 2 aliphatic carbocycles. The Morgan fingerprint density at radius 3 is 2.42 bits per heavy atom. The molecule has 0 radical (unpaired) electrons. The molecule has 1 aromatic rings. The first-order valence-corrected chi connectivity index (χ1v) is 13.6. The lowest BCUT2D eigenvalue weighted by Gasteiger charge is -2.34. The van der Waals surface area contributed by atoms with Gasteiger partial charge in [-0.2, -0.15) is 13.2 Å². The summed E-state index contributed by atoms with van der Waals surface area (Å²) in [6.45, 7) is 4.35. The molecule has 2 heterocycles. The van der Waals surface area contributed by atoms with Gasteiger partial charge in [-0.25, -0.2) is 4.98 Å². The summed E-state index contributed by atoms with van der Waals surface area (Å²) in [4.78, 5) is 31.4. The van der Waals surface area contributed by atoms with Crippen LogP contribution in [0, 0.1) is 17.8 Å². The molecule has 38 heavy (non-hydrogen) atoms. The zero-order valence-corrected chi connectivity index (χ0v) is 23.3. The normalized spacial score (nSPS) is 26.3. The summed E-state index contributed by atoms with van der Waals surface area (Å²) >= 11 is 13.4. The Morgan fingerprint density at radius 2 is 1.82 bits per heavy atom. The van der Waals surface area contributed by atoms with Crippen LogP contribution in [0.2, 0.25) is 0 Å². The van der Waals surface area contributed by atoms with Gasteiger partial charge in [-0.15, -0.1) is 11.6 Å². The Kier molecular flexibility index (Phi) is 8.38. The number of carbonyl (C=O) groups excluding carboxylic acids is 2. The highest BCUT2D eigenvalue weighted by atomic mass is 35.5. The largest absolute Gasteiger partial charge is 0.469 e. The third kappa shape index (κ3) is 5.55. The number of ether oxygens (including phenoxy) is 1. The van der Waals surface area contributed by atoms with E-state index in [1.807, 2.05) is 0 Å². The number of alkyl halides is 4. The van der Waals surface area contributed by atoms with Crippen LogP contribution in [0.4, 0.5) is 13.2 Å². The standard InChI is InChI=1S/C27H32Cl2F3N3O3/c1-14-15(2)25-21(13-19(14)27(30,31)32)34(3)22(33-25)12-18-20(28)6-5-17(24(18)29)26(37)35-9-7-16(8-10-35)11-23(36)38-4/h5-6,13-16,18,24H,7-12H2,1-4H3. The van der Waals surface area contributed by atoms with Crippen molar-refractivity contribution in [2.75, 3.05) is 20.2 Å². The molecule has 0 aromatic carbocycles. The van der Waals surface area contributed by atoms with E-state index < -0.39 is 34.9 Å². The molecule has 1 fully saturated rings. The molecule has 4 unspecified atom stereocenters. The highest BCUT2D eigenvalue weighted by molar-refractivity contribution is 6.33. The fourth-order valence-corrected chi connectivity index (χ4v) is 6.29. The summed E-state index contributed by atoms with van der Waals surface area (Å²) in [5, 5.41) is -0.258. The molecule has 0 N–H and O–H groups in total. The Hall–Kier alpha value is -2.26. The number of amides is 1. The number of likely N-dealkylation sites (tertiary alicyclic amines) is 1. The van der Waals surface area contributed by atoms with Gasteiger partial charge in [-0.1, -0.05) is 31.5 Å². The van der Waals surface area contributed by atoms with Gasteiger partial charge in [0.1, 0.15) is 5.82 Å². The van der Waals surface area contributed by atoms with Crippen molar-refractivity contribution in [1.29, 1.82) is 0 Å². The van der Waals surface area contributed by atoms with Gasteiger partial charge in [-0.05, 0) is 36.8 Å². The molecular formula is C27H32Cl2F3N3O3. The number of hydrogen-bond donors (Lipinski definition) is 0. The van der Waals surface area contributed by atoms with Crippen molar-refractivity contribution in [3.05, 3.63) is 45.5 Å². The quantitative estimate of drug-likeness (QED) is 0.332. The number of fused-ring (bicyclic) bond motifs is 1. The van der Waals surface area contributed by atoms with Gasteiger partial charge in [-0.3, -0.25) is 9.59 Å². The smallest absolute Gasteiger partial charge is 0.413 e. The third-order valence-corrected chi connectivity index (χ3v) is 9.16. The Morgan fingerprint density at radius 1 is 1.16 bits per heavy atom. The van der Waals surface area contributed by atoms with Gasteiger partial charge in [0, 0.05) is 61.0 Å². The molecule has 208 valence electrons. The number of nitrogens with zero attached hydrogens (tertiary/aromatic N) is 3. The van der Waals surface area contributed by atoms with Crippen molar-refractivity contribution in [3.8, 4) is 0 Å². The zero-order valence-electron chi connectivity index (χ0n) is 21.8. The first-order chi connectivity index (χ1) is 17.8. The van der Waals surface area contributed by atoms with Crippen LogP contribution >= 0.6 is 23.2 Å². The second kappa shape index (κ2) is 11.1. The van der Waals surface area contributed by atoms with Gasteiger partial charge >= 0.3 is 12.1 Å². The number of methoxy groups -OCH3 is 1. The van der Waals surface area contributed by atoms with Gasteiger partial charge in [0.25, 0.3) is 5.91 Å². The lowest BCUT2D eigenvalue weighted by atomic mass is 9.81. The SMILES string of the molecule is COC(=O)CC1CCN(C(=O)C2=CC=C(Cl)C(Cc3nc4c(n3C)C=C(C(F)(F)F)C(C)C4C)C2Cl)CC1. The second-order valence-corrected chi connectivity index (χ2v) is 11.3. The topological polar surface area (TPSA) is 64.4 Å². The van der Waals surface area contributed by atoms with Gasteiger partial charge in [0.05, 0.1) is 23.9 Å². The summed E-state index contributed by atoms with van der Waals surface area (Å²) in [6.07, 6.45) is 2.09. The molecular weight excluding hydrogens is 542 g/mol. The number of hydrogen-bond acceptors (Lipinski definition) is 4. The van der Waals surface area contributed by atoms with Crippen molar-refractivity contribution in [1.82, 2.24) is 14.5 Å². The van der Waals surface area contributed by atoms with Crippen LogP contribution in [-0.4, -0.2) is 58.1 Å². The van der Waals surface area contributed by atoms with E-state index in [1.54, 1.807) is 42.5 Å². The van der Waals surface area contributed by atoms with Crippen LogP contribution in [-0.2, 0) is 27.8 Å². The van der Waals surface area contributed by atoms with Gasteiger partial charge in [0.2, 0.25) is 0 Å². The van der Waals surface area contributed by atoms with E-state index >= 15 is 0 Å². The molecule has 0 bridgehead atoms. The Labute approximate surface area is 230 Å². The highest BCUT2D eigenvalue weighted by Crippen LogP contribution is 2.45. The number of aromatic nitrogens is 2. The first-order valence-electron chi connectivity index (χ1n) is 12.7. The number of piperidine rings is 1. The molecule has 1 aromatic heterocycles. The molecule has 1 aliphatic heterocycles. The molecule has 0 spiro atoms. The summed E-state index contributed by atoms with van der Waals surface area (Å²) < 4.78 is 47.3. The molecule has 1 saturated heterocycles. The predicted octanol–water partition coefficient (Wildman–Crippen LogP) is 5.75. The molecule has 3 aliphatic rings. The van der Waals surface area contributed by atoms with Crippen LogP contribution in [0.5, 0.6) is 0 Å². The fourth-order valence-electron chi connectivity index (χ4n) is 5.57. The van der Waals surface area contributed by atoms with Crippen LogP contribution < -0.4 is 0 Å². The van der Waals surface area contributed by atoms with Gasteiger partial charge in [0.15, 0.2) is 0 Å². The number of esters is 1. The fraction of sp³-hybridized carbons (Fsp3) is 0.593. The molecule has 1 amide bonds. The maximum atomic E-state index is 13.6. The molecule has 0 saturated carbocycles. The van der Waals surface area contributed by atoms with Gasteiger partial charge < -0.3 is 14.2 Å². The lowest BCUT2D eigenvalue weighted by Crippen LogP contribution is -2.42. The van der Waals surface area contributed by atoms with Crippen molar-refractivity contribution >= 4 is 41.2 Å². The molecule has 11 heteroatoms. The van der Waals surface area contributed by atoms with Crippen molar-refractivity contribution in [2.45, 2.75) is 57.0 Å². The predicted molar refractivity (Wildman–Crippen MR) is 140 cm³/mol. The van der Waals surface area contributed by atoms with E-state index in [0.29, 0.717) is 60.2 Å². The van der Waals surface area contributed by atoms with Crippen LogP contribution in [0.25, 0.3) is 6.08 Å². The Bertz CT molecular complexity index is 1200. The maximum Gasteiger partial charge on any atom is 0.413 e. The number of carbonyl (C=O) groups is 2. The minimum atomic E-state index is -4.42. The molecule has 6 nitrogen and oxygen atoms in total. The van der Waals surface area contributed by atoms with E-state index in [1.165, 1.54) is 13.2 Å². The minimum absolute atomic E-state index is 0.173. The van der Waals surface area contributed by atoms with Crippen LogP contribution in [0.15, 0.2) is 28.3 Å². The summed E-state index contributed by atoms with van der Waals surface area (Å²) in [6, 6.07) is 0. The van der Waals surface area contributed by atoms with E-state index in [9.17, 15) is 22.8 Å². The summed E-state index contributed by atoms with van der Waals surface area (Å²) in [5.74, 6) is -1.27. The second-order valence-electron chi connectivity index (χ2n) is 10.4. The van der Waals surface area contributed by atoms with E-state index in [4.69, 9.17) is 32.9 Å². The first kappa shape index (κ1) is 28.7. The van der Waals surface area contributed by atoms with E-state index in [-0.39, 0.29) is 24.2 Å². The number of halogens is 5. The maximum absolute atomic E-state index is 13.6. The average Bonchev–Trinajstić information content (AvgIpc) is 3.18. The van der Waals surface area contributed by atoms with E-state index in [2.05, 4.69) is 0 Å². The summed E-state index contributed by atoms with van der Waals surface area (Å²) in [7, 11) is 3.06. The zero-order chi connectivity index (χ0) is 27.9. The third-order valence-electron chi connectivity index (χ3n) is 8.21. The van der Waals surface area contributed by atoms with Crippen LogP contribution in [0.3, 0.4) is 0 Å². The Balaban J connectivity index is 1.50. The number of imidazole rings is 1. The molecule has 4 rings (SSSR count). The van der Waals surface area contributed by atoms with E-state index in [0.717, 1.165) is 0 Å². The van der Waals surface area contributed by atoms with Crippen LogP contribution in [0.1, 0.15) is 56.2 Å². The van der Waals surface area contributed by atoms with Crippen molar-refractivity contribution < 1.29 is 27.5 Å². The molecule has 4 atom stereocenters. The minimum Gasteiger partial charge on any atom is -0.469 e. The number of rotatable bonds is 5. The average molecular weight is 574 g/mol. The van der Waals surface area contributed by atoms with Crippen molar-refractivity contribution in [2.24, 2.45) is 24.8 Å². The highest BCUT2D eigenvalue weighted by Gasteiger charge is 2.43.